The highest BCUT2D eigenvalue weighted by molar-refractivity contribution is 5.85. The van der Waals surface area contributed by atoms with Crippen LogP contribution in [0.4, 0.5) is 4.79 Å². The Morgan fingerprint density at radius 2 is 1.75 bits per heavy atom. The third kappa shape index (κ3) is 2.48. The SMILES string of the molecule is CC(CO)(CO)C(=O)OC(=O)O. The van der Waals surface area contributed by atoms with Crippen LogP contribution in [0.3, 0.4) is 0 Å². The quantitative estimate of drug-likeness (QED) is 0.386. The zero-order valence-corrected chi connectivity index (χ0v) is 6.48. The van der Waals surface area contributed by atoms with Crippen molar-refractivity contribution >= 4 is 12.1 Å². The van der Waals surface area contributed by atoms with E-state index in [4.69, 9.17) is 15.3 Å². The average Bonchev–Trinajstić information content (AvgIpc) is 2.02. The van der Waals surface area contributed by atoms with Crippen molar-refractivity contribution < 1.29 is 29.6 Å². The van der Waals surface area contributed by atoms with Crippen LogP contribution in [0.25, 0.3) is 0 Å². The van der Waals surface area contributed by atoms with Crippen molar-refractivity contribution in [2.75, 3.05) is 13.2 Å². The van der Waals surface area contributed by atoms with Gasteiger partial charge in [-0.05, 0) is 6.92 Å². The standard InChI is InChI=1S/C6H10O6/c1-6(2-7,3-8)4(9)12-5(10)11/h7-8H,2-3H2,1H3,(H,10,11). The van der Waals surface area contributed by atoms with E-state index < -0.39 is 30.8 Å². The number of carboxylic acid groups (broad SMARTS) is 1. The molecule has 6 nitrogen and oxygen atoms in total. The van der Waals surface area contributed by atoms with Gasteiger partial charge in [0.2, 0.25) is 0 Å². The van der Waals surface area contributed by atoms with Gasteiger partial charge in [0.05, 0.1) is 13.2 Å². The summed E-state index contributed by atoms with van der Waals surface area (Å²) in [5, 5.41) is 25.3. The summed E-state index contributed by atoms with van der Waals surface area (Å²) in [5.74, 6) is -1.17. The predicted molar refractivity (Wildman–Crippen MR) is 36.4 cm³/mol. The van der Waals surface area contributed by atoms with E-state index in [0.717, 1.165) is 0 Å². The molecule has 0 aromatic heterocycles. The minimum absolute atomic E-state index is 0.671. The number of hydrogen-bond donors (Lipinski definition) is 3. The normalized spacial score (nSPS) is 10.9. The van der Waals surface area contributed by atoms with Crippen molar-refractivity contribution in [2.24, 2.45) is 5.41 Å². The lowest BCUT2D eigenvalue weighted by molar-refractivity contribution is -0.154. The van der Waals surface area contributed by atoms with Crippen molar-refractivity contribution in [3.63, 3.8) is 0 Å². The molecule has 0 aromatic rings. The Balaban J connectivity index is 4.32. The maximum absolute atomic E-state index is 10.8. The van der Waals surface area contributed by atoms with Gasteiger partial charge in [0.25, 0.3) is 0 Å². The molecule has 0 aliphatic rings. The summed E-state index contributed by atoms with van der Waals surface area (Å²) in [4.78, 5) is 20.7. The van der Waals surface area contributed by atoms with Crippen LogP contribution in [-0.4, -0.2) is 40.7 Å². The van der Waals surface area contributed by atoms with Gasteiger partial charge < -0.3 is 20.1 Å². The van der Waals surface area contributed by atoms with Crippen LogP contribution in [0, 0.1) is 5.41 Å². The Morgan fingerprint density at radius 1 is 1.33 bits per heavy atom. The number of aliphatic hydroxyl groups is 2. The first kappa shape index (κ1) is 10.9. The maximum Gasteiger partial charge on any atom is 0.513 e. The van der Waals surface area contributed by atoms with Gasteiger partial charge in [-0.1, -0.05) is 0 Å². The molecule has 0 saturated heterocycles. The molecule has 6 heteroatoms. The van der Waals surface area contributed by atoms with Gasteiger partial charge in [0, 0.05) is 0 Å². The smallest absolute Gasteiger partial charge is 0.449 e. The van der Waals surface area contributed by atoms with Crippen LogP contribution >= 0.6 is 0 Å². The fourth-order valence-electron chi connectivity index (χ4n) is 0.382. The molecular formula is C6H10O6. The van der Waals surface area contributed by atoms with Crippen molar-refractivity contribution in [1.82, 2.24) is 0 Å². The van der Waals surface area contributed by atoms with Crippen molar-refractivity contribution in [3.8, 4) is 0 Å². The number of carbonyl (C=O) groups is 2. The Kier molecular flexibility index (Phi) is 3.65. The first-order valence-corrected chi connectivity index (χ1v) is 3.13. The van der Waals surface area contributed by atoms with E-state index in [1.54, 1.807) is 0 Å². The first-order valence-electron chi connectivity index (χ1n) is 3.13. The molecule has 0 fully saturated rings. The second-order valence-corrected chi connectivity index (χ2v) is 2.53. The van der Waals surface area contributed by atoms with Crippen molar-refractivity contribution in [3.05, 3.63) is 0 Å². The van der Waals surface area contributed by atoms with Crippen molar-refractivity contribution in [1.29, 1.82) is 0 Å². The van der Waals surface area contributed by atoms with Crippen LogP contribution in [0.2, 0.25) is 0 Å². The molecule has 0 bridgehead atoms. The highest BCUT2D eigenvalue weighted by atomic mass is 16.7. The molecule has 0 spiro atoms. The van der Waals surface area contributed by atoms with E-state index in [0.29, 0.717) is 0 Å². The van der Waals surface area contributed by atoms with Crippen molar-refractivity contribution in [2.45, 2.75) is 6.92 Å². The zero-order chi connectivity index (χ0) is 9.78. The molecule has 0 aromatic carbocycles. The molecule has 0 atom stereocenters. The fourth-order valence-corrected chi connectivity index (χ4v) is 0.382. The largest absolute Gasteiger partial charge is 0.513 e. The van der Waals surface area contributed by atoms with Gasteiger partial charge in [-0.25, -0.2) is 4.79 Å². The lowest BCUT2D eigenvalue weighted by Gasteiger charge is -2.19. The fraction of sp³-hybridized carbons (Fsp3) is 0.667. The molecule has 0 heterocycles. The molecule has 0 saturated carbocycles. The van der Waals surface area contributed by atoms with Gasteiger partial charge in [-0.2, -0.15) is 0 Å². The summed E-state index contributed by atoms with van der Waals surface area (Å²) in [5.41, 5.74) is -1.56. The van der Waals surface area contributed by atoms with Gasteiger partial charge in [0.1, 0.15) is 5.41 Å². The minimum Gasteiger partial charge on any atom is -0.449 e. The van der Waals surface area contributed by atoms with E-state index in [9.17, 15) is 9.59 Å². The molecule has 0 aliphatic heterocycles. The number of hydrogen-bond acceptors (Lipinski definition) is 5. The van der Waals surface area contributed by atoms with Gasteiger partial charge in [0.15, 0.2) is 0 Å². The van der Waals surface area contributed by atoms with Gasteiger partial charge >= 0.3 is 12.1 Å². The Morgan fingerprint density at radius 3 is 2.00 bits per heavy atom. The average molecular weight is 178 g/mol. The molecule has 0 unspecified atom stereocenters. The highest BCUT2D eigenvalue weighted by Gasteiger charge is 2.35. The molecule has 70 valence electrons. The third-order valence-electron chi connectivity index (χ3n) is 1.37. The van der Waals surface area contributed by atoms with E-state index in [1.807, 2.05) is 0 Å². The van der Waals surface area contributed by atoms with Gasteiger partial charge in [-0.3, -0.25) is 4.79 Å². The van der Waals surface area contributed by atoms with Crippen LogP contribution in [0.1, 0.15) is 6.92 Å². The summed E-state index contributed by atoms with van der Waals surface area (Å²) in [6.07, 6.45) is -1.76. The molecular weight excluding hydrogens is 168 g/mol. The first-order chi connectivity index (χ1) is 5.46. The summed E-state index contributed by atoms with van der Waals surface area (Å²) < 4.78 is 3.75. The second kappa shape index (κ2) is 4.03. The van der Waals surface area contributed by atoms with Crippen LogP contribution in [0.5, 0.6) is 0 Å². The third-order valence-corrected chi connectivity index (χ3v) is 1.37. The monoisotopic (exact) mass is 178 g/mol. The summed E-state index contributed by atoms with van der Waals surface area (Å²) in [6.45, 7) is -0.149. The van der Waals surface area contributed by atoms with E-state index in [1.165, 1.54) is 6.92 Å². The highest BCUT2D eigenvalue weighted by Crippen LogP contribution is 2.16. The molecule has 0 amide bonds. The minimum atomic E-state index is -1.76. The summed E-state index contributed by atoms with van der Waals surface area (Å²) in [7, 11) is 0. The molecule has 0 aliphatic carbocycles. The van der Waals surface area contributed by atoms with Crippen LogP contribution in [0.15, 0.2) is 0 Å². The zero-order valence-electron chi connectivity index (χ0n) is 6.48. The van der Waals surface area contributed by atoms with Crippen LogP contribution < -0.4 is 0 Å². The molecule has 3 N–H and O–H groups in total. The Hall–Kier alpha value is -1.14. The molecule has 0 radical (unpaired) electrons. The number of aliphatic hydroxyl groups excluding tert-OH is 2. The summed E-state index contributed by atoms with van der Waals surface area (Å²) >= 11 is 0. The number of esters is 1. The lowest BCUT2D eigenvalue weighted by atomic mass is 9.93. The Bertz CT molecular complexity index is 182. The predicted octanol–water partition coefficient (Wildman–Crippen LogP) is -0.802. The second-order valence-electron chi connectivity index (χ2n) is 2.53. The number of carbonyl (C=O) groups excluding carboxylic acids is 1. The van der Waals surface area contributed by atoms with Crippen LogP contribution in [-0.2, 0) is 9.53 Å². The number of rotatable bonds is 3. The van der Waals surface area contributed by atoms with Gasteiger partial charge in [-0.15, -0.1) is 0 Å². The van der Waals surface area contributed by atoms with E-state index in [2.05, 4.69) is 4.74 Å². The molecule has 0 rings (SSSR count). The molecule has 12 heavy (non-hydrogen) atoms. The number of ether oxygens (including phenoxy) is 1. The van der Waals surface area contributed by atoms with E-state index >= 15 is 0 Å². The summed E-state index contributed by atoms with van der Waals surface area (Å²) in [6, 6.07) is 0. The lowest BCUT2D eigenvalue weighted by Crippen LogP contribution is -2.37. The van der Waals surface area contributed by atoms with E-state index in [-0.39, 0.29) is 0 Å². The topological polar surface area (TPSA) is 104 Å². The maximum atomic E-state index is 10.8. The Labute approximate surface area is 68.4 Å².